The Morgan fingerprint density at radius 1 is 0.569 bits per heavy atom. The lowest BCUT2D eigenvalue weighted by Gasteiger charge is -2.30. The molecule has 3 aromatic carbocycles. The van der Waals surface area contributed by atoms with Gasteiger partial charge in [-0.1, -0.05) is 99.2 Å². The highest BCUT2D eigenvalue weighted by molar-refractivity contribution is 5.87. The van der Waals surface area contributed by atoms with Crippen LogP contribution in [0.1, 0.15) is 67.6 Å². The molecule has 0 saturated heterocycles. The van der Waals surface area contributed by atoms with E-state index < -0.39 is 29.4 Å². The average Bonchev–Trinajstić information content (AvgIpc) is 3.34. The molecule has 72 heavy (non-hydrogen) atoms. The minimum Gasteiger partial charge on any atom is -0.481 e. The van der Waals surface area contributed by atoms with Crippen molar-refractivity contribution in [2.75, 3.05) is 0 Å². The van der Waals surface area contributed by atoms with Crippen LogP contribution in [0, 0.1) is 0 Å². The minimum atomic E-state index is -1.29. The Morgan fingerprint density at radius 3 is 1.67 bits per heavy atom. The van der Waals surface area contributed by atoms with E-state index in [-0.39, 0.29) is 46.1 Å². The molecule has 4 N–H and O–H groups in total. The molecule has 0 fully saturated rings. The molecule has 1 aliphatic rings. The van der Waals surface area contributed by atoms with Crippen molar-refractivity contribution in [1.82, 2.24) is 18.3 Å². The number of rotatable bonds is 11. The number of carboxylic acids is 4. The van der Waals surface area contributed by atoms with Crippen LogP contribution in [0.4, 0.5) is 0 Å². The van der Waals surface area contributed by atoms with E-state index in [1.54, 1.807) is 71.4 Å². The van der Waals surface area contributed by atoms with E-state index in [2.05, 4.69) is 20.8 Å². The molecule has 7 aromatic rings. The molecule has 4 heterocycles. The highest BCUT2D eigenvalue weighted by atomic mass is 16.4. The molecule has 4 aromatic heterocycles. The molecule has 0 bridgehead atoms. The van der Waals surface area contributed by atoms with Gasteiger partial charge in [-0.2, -0.15) is 0 Å². The number of benzene rings is 3. The second-order valence-corrected chi connectivity index (χ2v) is 17.5. The second-order valence-electron chi connectivity index (χ2n) is 17.5. The highest BCUT2D eigenvalue weighted by Gasteiger charge is 2.39. The maximum atomic E-state index is 12.1. The van der Waals surface area contributed by atoms with Crippen molar-refractivity contribution >= 4 is 23.9 Å². The quantitative estimate of drug-likeness (QED) is 0.0977. The van der Waals surface area contributed by atoms with Crippen LogP contribution in [0.3, 0.4) is 0 Å². The fraction of sp³-hybridized carbons (Fsp3) is 0.179. The Balaban J connectivity index is 0.000000180. The van der Waals surface area contributed by atoms with Crippen LogP contribution in [0.15, 0.2) is 207 Å². The zero-order valence-corrected chi connectivity index (χ0v) is 40.0. The Labute approximate surface area is 413 Å². The third-order valence-electron chi connectivity index (χ3n) is 11.1. The largest absolute Gasteiger partial charge is 0.481 e. The average molecular weight is 975 g/mol. The van der Waals surface area contributed by atoms with Gasteiger partial charge in [-0.25, -0.2) is 9.59 Å². The summed E-state index contributed by atoms with van der Waals surface area (Å²) in [5.41, 5.74) is 3.57. The summed E-state index contributed by atoms with van der Waals surface area (Å²) in [6.07, 6.45) is 12.2. The van der Waals surface area contributed by atoms with Gasteiger partial charge in [0, 0.05) is 79.0 Å². The van der Waals surface area contributed by atoms with E-state index in [0.29, 0.717) is 24.1 Å². The molecule has 1 atom stereocenters. The van der Waals surface area contributed by atoms with Gasteiger partial charge in [0.05, 0.1) is 12.0 Å². The van der Waals surface area contributed by atoms with Gasteiger partial charge in [0.1, 0.15) is 0 Å². The SMILES string of the molecule is CC(C)(C)c1ccc(=O)n(-c2ccc(CCC(=O)O)cc2)c1.CC1=CC=CC(C(=O)O)(n2ccccc2=O)C1.O=C(O)Cc1ccn(-c2ccccc2)c(=O)c1.O=C(O)c1ccc(=O)n(-c2ccccc2)c1. The van der Waals surface area contributed by atoms with Crippen LogP contribution in [0.25, 0.3) is 17.1 Å². The van der Waals surface area contributed by atoms with E-state index in [1.807, 2.05) is 85.9 Å². The lowest BCUT2D eigenvalue weighted by atomic mass is 9.86. The zero-order chi connectivity index (χ0) is 52.6. The summed E-state index contributed by atoms with van der Waals surface area (Å²) in [5.74, 6) is -3.82. The fourth-order valence-corrected chi connectivity index (χ4v) is 7.30. The van der Waals surface area contributed by atoms with Crippen molar-refractivity contribution < 1.29 is 39.6 Å². The van der Waals surface area contributed by atoms with E-state index >= 15 is 0 Å². The topological polar surface area (TPSA) is 237 Å². The standard InChI is InChI=1S/C18H21NO3.C13H13NO3.C13H11NO3.C12H9NO3/c1-18(2,3)14-7-10-16(20)19(12-14)15-8-4-13(5-9-15)6-11-17(21)22;1-10-5-4-7-13(9-10,12(16)17)14-8-3-2-6-11(14)15;15-12-8-10(9-13(16)17)6-7-14(12)11-4-2-1-3-5-11;14-11-7-6-9(12(15)16)8-13(11)10-4-2-1-3-5-10/h4-5,7-10,12H,6,11H2,1-3H3,(H,21,22);2-8H,9H2,1H3,(H,16,17);1-8H,9H2,(H,16,17);1-8H,(H,15,16). The third-order valence-corrected chi connectivity index (χ3v) is 11.1. The van der Waals surface area contributed by atoms with Crippen LogP contribution < -0.4 is 22.2 Å². The molecule has 16 nitrogen and oxygen atoms in total. The molecule has 0 saturated carbocycles. The zero-order valence-electron chi connectivity index (χ0n) is 40.0. The van der Waals surface area contributed by atoms with Crippen LogP contribution in [-0.4, -0.2) is 62.6 Å². The summed E-state index contributed by atoms with van der Waals surface area (Å²) >= 11 is 0. The number of carbonyl (C=O) groups is 4. The third kappa shape index (κ3) is 14.7. The first-order valence-electron chi connectivity index (χ1n) is 22.5. The number of hydrogen-bond donors (Lipinski definition) is 4. The molecule has 0 amide bonds. The monoisotopic (exact) mass is 974 g/mol. The molecule has 0 spiro atoms. The maximum Gasteiger partial charge on any atom is 0.337 e. The Hall–Kier alpha value is -9.18. The van der Waals surface area contributed by atoms with E-state index in [0.717, 1.165) is 28.1 Å². The summed E-state index contributed by atoms with van der Waals surface area (Å²) in [7, 11) is 0. The van der Waals surface area contributed by atoms with Crippen LogP contribution >= 0.6 is 0 Å². The molecule has 16 heteroatoms. The van der Waals surface area contributed by atoms with Crippen molar-refractivity contribution in [3.05, 3.63) is 252 Å². The van der Waals surface area contributed by atoms with Crippen molar-refractivity contribution in [2.45, 2.75) is 64.3 Å². The smallest absolute Gasteiger partial charge is 0.337 e. The molecule has 0 radical (unpaired) electrons. The Bertz CT molecular complexity index is 3340. The van der Waals surface area contributed by atoms with E-state index in [4.69, 9.17) is 15.3 Å². The summed E-state index contributed by atoms with van der Waals surface area (Å²) in [5, 5.41) is 35.6. The first-order valence-corrected chi connectivity index (χ1v) is 22.5. The summed E-state index contributed by atoms with van der Waals surface area (Å²) in [6.45, 7) is 8.17. The molecule has 8 rings (SSSR count). The molecule has 0 aliphatic heterocycles. The Kier molecular flexibility index (Phi) is 18.2. The number of aliphatic carboxylic acids is 3. The van der Waals surface area contributed by atoms with Crippen molar-refractivity contribution in [3.63, 3.8) is 0 Å². The Morgan fingerprint density at radius 2 is 1.14 bits per heavy atom. The summed E-state index contributed by atoms with van der Waals surface area (Å²) < 4.78 is 5.68. The summed E-state index contributed by atoms with van der Waals surface area (Å²) in [4.78, 5) is 90.7. The lowest BCUT2D eigenvalue weighted by molar-refractivity contribution is -0.145. The maximum absolute atomic E-state index is 12.1. The van der Waals surface area contributed by atoms with Crippen LogP contribution in [0.5, 0.6) is 0 Å². The van der Waals surface area contributed by atoms with Gasteiger partial charge in [-0.15, -0.1) is 0 Å². The number of carboxylic acid groups (broad SMARTS) is 4. The van der Waals surface area contributed by atoms with Gasteiger partial charge in [-0.05, 0) is 96.1 Å². The first-order chi connectivity index (χ1) is 34.2. The van der Waals surface area contributed by atoms with Gasteiger partial charge in [0.15, 0.2) is 5.54 Å². The van der Waals surface area contributed by atoms with Gasteiger partial charge in [0.2, 0.25) is 0 Å². The van der Waals surface area contributed by atoms with Gasteiger partial charge < -0.3 is 20.4 Å². The van der Waals surface area contributed by atoms with Crippen LogP contribution in [-0.2, 0) is 38.2 Å². The number of hydrogen-bond acceptors (Lipinski definition) is 8. The number of aryl methyl sites for hydroxylation is 1. The molecule has 1 aliphatic carbocycles. The lowest BCUT2D eigenvalue weighted by Crippen LogP contribution is -2.46. The number of para-hydroxylation sites is 2. The number of nitrogens with zero attached hydrogens (tertiary/aromatic N) is 4. The summed E-state index contributed by atoms with van der Waals surface area (Å²) in [6, 6.07) is 39.1. The number of aromatic carboxylic acids is 1. The van der Waals surface area contributed by atoms with E-state index in [1.165, 1.54) is 50.4 Å². The van der Waals surface area contributed by atoms with Crippen LogP contribution in [0.2, 0.25) is 0 Å². The van der Waals surface area contributed by atoms with Crippen molar-refractivity contribution in [2.24, 2.45) is 0 Å². The van der Waals surface area contributed by atoms with Gasteiger partial charge in [-0.3, -0.25) is 47.0 Å². The number of pyridine rings is 4. The fourth-order valence-electron chi connectivity index (χ4n) is 7.30. The number of aromatic nitrogens is 4. The molecule has 370 valence electrons. The van der Waals surface area contributed by atoms with E-state index in [9.17, 15) is 43.5 Å². The number of allylic oxidation sites excluding steroid dienone is 3. The highest BCUT2D eigenvalue weighted by Crippen LogP contribution is 2.29. The molecular formula is C56H54N4O12. The second kappa shape index (κ2) is 24.4. The first kappa shape index (κ1) is 53.8. The molecule has 1 unspecified atom stereocenters. The van der Waals surface area contributed by atoms with Gasteiger partial charge >= 0.3 is 23.9 Å². The molecular weight excluding hydrogens is 921 g/mol. The predicted octanol–water partition coefficient (Wildman–Crippen LogP) is 7.69. The normalized spacial score (nSPS) is 13.6. The predicted molar refractivity (Wildman–Crippen MR) is 273 cm³/mol. The van der Waals surface area contributed by atoms with Gasteiger partial charge in [0.25, 0.3) is 22.2 Å². The minimum absolute atomic E-state index is 0.0309. The van der Waals surface area contributed by atoms with Crippen molar-refractivity contribution in [3.8, 4) is 17.1 Å². The van der Waals surface area contributed by atoms with Crippen molar-refractivity contribution in [1.29, 1.82) is 0 Å².